The highest BCUT2D eigenvalue weighted by molar-refractivity contribution is 7.91. The Bertz CT molecular complexity index is 312. The molecule has 0 aromatic heterocycles. The number of sulfone groups is 1. The minimum Gasteiger partial charge on any atom is -0.396 e. The molecule has 0 aromatic rings. The molecule has 1 N–H and O–H groups in total. The number of aliphatic hydroxyl groups excluding tert-OH is 1. The van der Waals surface area contributed by atoms with Gasteiger partial charge in [-0.3, -0.25) is 0 Å². The van der Waals surface area contributed by atoms with Crippen molar-refractivity contribution >= 4 is 9.84 Å². The van der Waals surface area contributed by atoms with Gasteiger partial charge in [0.15, 0.2) is 16.1 Å². The third-order valence-electron chi connectivity index (χ3n) is 2.88. The Kier molecular flexibility index (Phi) is 3.30. The molecule has 0 radical (unpaired) electrons. The second-order valence-corrected chi connectivity index (χ2v) is 6.36. The van der Waals surface area contributed by atoms with Crippen LogP contribution in [0.4, 0.5) is 0 Å². The standard InChI is InChI=1S/C9H16O5S/c10-3-1-8-5-13-9(14-8)7-2-4-15(11,12)6-7/h7-10H,1-6H2. The average molecular weight is 236 g/mol. The van der Waals surface area contributed by atoms with Crippen molar-refractivity contribution in [3.05, 3.63) is 0 Å². The van der Waals surface area contributed by atoms with E-state index in [2.05, 4.69) is 0 Å². The number of aliphatic hydroxyl groups is 1. The molecular formula is C9H16O5S. The van der Waals surface area contributed by atoms with E-state index in [1.807, 2.05) is 0 Å². The zero-order chi connectivity index (χ0) is 10.9. The molecule has 2 saturated heterocycles. The van der Waals surface area contributed by atoms with Crippen LogP contribution < -0.4 is 0 Å². The highest BCUT2D eigenvalue weighted by atomic mass is 32.2. The van der Waals surface area contributed by atoms with Gasteiger partial charge in [0.2, 0.25) is 0 Å². The van der Waals surface area contributed by atoms with E-state index < -0.39 is 9.84 Å². The van der Waals surface area contributed by atoms with Gasteiger partial charge in [-0.1, -0.05) is 0 Å². The average Bonchev–Trinajstić information content (AvgIpc) is 2.73. The van der Waals surface area contributed by atoms with Gasteiger partial charge >= 0.3 is 0 Å². The van der Waals surface area contributed by atoms with Crippen molar-refractivity contribution in [3.63, 3.8) is 0 Å². The quantitative estimate of drug-likeness (QED) is 0.718. The second-order valence-electron chi connectivity index (χ2n) is 4.14. The van der Waals surface area contributed by atoms with Crippen molar-refractivity contribution in [1.82, 2.24) is 0 Å². The van der Waals surface area contributed by atoms with Gasteiger partial charge in [0.1, 0.15) is 0 Å². The molecule has 3 atom stereocenters. The molecule has 3 unspecified atom stereocenters. The van der Waals surface area contributed by atoms with Crippen LogP contribution in [-0.4, -0.2) is 50.6 Å². The first-order chi connectivity index (χ1) is 7.11. The van der Waals surface area contributed by atoms with Crippen molar-refractivity contribution in [3.8, 4) is 0 Å². The minimum absolute atomic E-state index is 0.0290. The minimum atomic E-state index is -2.87. The van der Waals surface area contributed by atoms with Gasteiger partial charge < -0.3 is 14.6 Å². The lowest BCUT2D eigenvalue weighted by molar-refractivity contribution is -0.0916. The molecule has 2 aliphatic heterocycles. The predicted octanol–water partition coefficient (Wildman–Crippen LogP) is -0.455. The zero-order valence-corrected chi connectivity index (χ0v) is 9.28. The van der Waals surface area contributed by atoms with Crippen LogP contribution in [0.15, 0.2) is 0 Å². The molecule has 6 heteroatoms. The Morgan fingerprint density at radius 1 is 1.40 bits per heavy atom. The first-order valence-corrected chi connectivity index (χ1v) is 7.01. The zero-order valence-electron chi connectivity index (χ0n) is 8.46. The number of hydrogen-bond acceptors (Lipinski definition) is 5. The molecule has 88 valence electrons. The Labute approximate surface area is 89.3 Å². The SMILES string of the molecule is O=S1(=O)CCC(C2OCC(CCO)O2)C1. The molecule has 0 amide bonds. The van der Waals surface area contributed by atoms with E-state index in [0.717, 1.165) is 0 Å². The topological polar surface area (TPSA) is 72.8 Å². The first-order valence-electron chi connectivity index (χ1n) is 5.19. The maximum atomic E-state index is 11.3. The molecule has 0 aliphatic carbocycles. The molecule has 0 spiro atoms. The molecule has 15 heavy (non-hydrogen) atoms. The smallest absolute Gasteiger partial charge is 0.161 e. The van der Waals surface area contributed by atoms with Crippen LogP contribution in [0.5, 0.6) is 0 Å². The van der Waals surface area contributed by atoms with E-state index in [9.17, 15) is 8.42 Å². The molecule has 0 aromatic carbocycles. The maximum Gasteiger partial charge on any atom is 0.161 e. The van der Waals surface area contributed by atoms with E-state index in [1.54, 1.807) is 0 Å². The van der Waals surface area contributed by atoms with E-state index in [1.165, 1.54) is 0 Å². The van der Waals surface area contributed by atoms with E-state index in [4.69, 9.17) is 14.6 Å². The maximum absolute atomic E-state index is 11.3. The van der Waals surface area contributed by atoms with Crippen molar-refractivity contribution < 1.29 is 23.0 Å². The fourth-order valence-corrected chi connectivity index (χ4v) is 3.86. The summed E-state index contributed by atoms with van der Waals surface area (Å²) in [5.74, 6) is 0.383. The first kappa shape index (κ1) is 11.3. The van der Waals surface area contributed by atoms with Crippen LogP contribution in [0.3, 0.4) is 0 Å². The Balaban J connectivity index is 1.87. The van der Waals surface area contributed by atoms with Crippen LogP contribution in [0.25, 0.3) is 0 Å². The second kappa shape index (κ2) is 4.37. The summed E-state index contributed by atoms with van der Waals surface area (Å²) < 4.78 is 33.4. The number of rotatable bonds is 3. The predicted molar refractivity (Wildman–Crippen MR) is 53.1 cm³/mol. The summed E-state index contributed by atoms with van der Waals surface area (Å²) in [7, 11) is -2.87. The van der Waals surface area contributed by atoms with Gasteiger partial charge in [-0.15, -0.1) is 0 Å². The Morgan fingerprint density at radius 3 is 2.80 bits per heavy atom. The third kappa shape index (κ3) is 2.69. The molecular weight excluding hydrogens is 220 g/mol. The van der Waals surface area contributed by atoms with Crippen LogP contribution in [0, 0.1) is 5.92 Å². The largest absolute Gasteiger partial charge is 0.396 e. The fourth-order valence-electron chi connectivity index (χ4n) is 2.05. The van der Waals surface area contributed by atoms with Gasteiger partial charge in [0.25, 0.3) is 0 Å². The van der Waals surface area contributed by atoms with Crippen molar-refractivity contribution in [2.24, 2.45) is 5.92 Å². The van der Waals surface area contributed by atoms with E-state index in [0.29, 0.717) is 19.4 Å². The summed E-state index contributed by atoms with van der Waals surface area (Å²) in [6.07, 6.45) is 0.705. The van der Waals surface area contributed by atoms with Crippen molar-refractivity contribution in [1.29, 1.82) is 0 Å². The molecule has 2 fully saturated rings. The van der Waals surface area contributed by atoms with Crippen LogP contribution in [0.1, 0.15) is 12.8 Å². The molecule has 0 bridgehead atoms. The van der Waals surface area contributed by atoms with E-state index >= 15 is 0 Å². The fraction of sp³-hybridized carbons (Fsp3) is 1.00. The number of ether oxygens (including phenoxy) is 2. The van der Waals surface area contributed by atoms with Gasteiger partial charge in [-0.05, 0) is 12.8 Å². The molecule has 5 nitrogen and oxygen atoms in total. The van der Waals surface area contributed by atoms with Crippen molar-refractivity contribution in [2.75, 3.05) is 24.7 Å². The summed E-state index contributed by atoms with van der Waals surface area (Å²) in [5.41, 5.74) is 0. The molecule has 2 heterocycles. The summed E-state index contributed by atoms with van der Waals surface area (Å²) in [6, 6.07) is 0. The Hall–Kier alpha value is -0.170. The lowest BCUT2D eigenvalue weighted by Gasteiger charge is -2.16. The van der Waals surface area contributed by atoms with E-state index in [-0.39, 0.29) is 36.4 Å². The highest BCUT2D eigenvalue weighted by Gasteiger charge is 2.39. The van der Waals surface area contributed by atoms with Gasteiger partial charge in [0.05, 0.1) is 24.2 Å². The summed E-state index contributed by atoms with van der Waals surface area (Å²) in [6.45, 7) is 0.533. The van der Waals surface area contributed by atoms with Crippen LogP contribution in [0.2, 0.25) is 0 Å². The summed E-state index contributed by atoms with van der Waals surface area (Å²) >= 11 is 0. The van der Waals surface area contributed by atoms with Crippen LogP contribution in [-0.2, 0) is 19.3 Å². The van der Waals surface area contributed by atoms with Crippen LogP contribution >= 0.6 is 0 Å². The highest BCUT2D eigenvalue weighted by Crippen LogP contribution is 2.29. The van der Waals surface area contributed by atoms with Gasteiger partial charge in [-0.2, -0.15) is 0 Å². The Morgan fingerprint density at radius 2 is 2.20 bits per heavy atom. The van der Waals surface area contributed by atoms with Gasteiger partial charge in [-0.25, -0.2) is 8.42 Å². The lowest BCUT2D eigenvalue weighted by Crippen LogP contribution is -2.23. The molecule has 2 aliphatic rings. The third-order valence-corrected chi connectivity index (χ3v) is 4.67. The monoisotopic (exact) mass is 236 g/mol. The lowest BCUT2D eigenvalue weighted by atomic mass is 10.1. The molecule has 2 rings (SSSR count). The number of hydrogen-bond donors (Lipinski definition) is 1. The summed E-state index contributed by atoms with van der Waals surface area (Å²) in [4.78, 5) is 0. The van der Waals surface area contributed by atoms with Crippen molar-refractivity contribution in [2.45, 2.75) is 25.2 Å². The molecule has 0 saturated carbocycles. The normalized spacial score (nSPS) is 39.7. The summed E-state index contributed by atoms with van der Waals surface area (Å²) in [5, 5.41) is 8.73. The van der Waals surface area contributed by atoms with Gasteiger partial charge in [0, 0.05) is 12.5 Å².